The molecule has 2 heterocycles. The van der Waals surface area contributed by atoms with Crippen molar-refractivity contribution in [1.29, 1.82) is 0 Å². The van der Waals surface area contributed by atoms with Gasteiger partial charge in [0.2, 0.25) is 17.7 Å². The Hall–Kier alpha value is -4.30. The maximum absolute atomic E-state index is 12.9. The highest BCUT2D eigenvalue weighted by Gasteiger charge is 2.55. The van der Waals surface area contributed by atoms with Gasteiger partial charge in [0.15, 0.2) is 0 Å². The van der Waals surface area contributed by atoms with Crippen LogP contribution in [-0.2, 0) is 67.0 Å². The molecule has 21 nitrogen and oxygen atoms in total. The zero-order valence-electron chi connectivity index (χ0n) is 35.4. The van der Waals surface area contributed by atoms with E-state index >= 15 is 0 Å². The summed E-state index contributed by atoms with van der Waals surface area (Å²) in [5.74, 6) is -5.83. The molecule has 1 aliphatic rings. The summed E-state index contributed by atoms with van der Waals surface area (Å²) in [4.78, 5) is 47.9. The second-order valence-electron chi connectivity index (χ2n) is 14.7. The number of aryl methyl sites for hydroxylation is 1. The number of aliphatic hydroxyl groups is 4. The SMILES string of the molecule is CC(=O)NCCOCCOCCOCCOCCn1cc(CCCCCCO[C@]2(C(=O)O)C[C@H](O)[C@@H](NC(=O)CO)[C@H]([C@H](O)[C@H](O)CNC(=O)Cc3ccc(C(F)F)cc3)O2)nn1. The first kappa shape index (κ1) is 53.0. The first-order valence-electron chi connectivity index (χ1n) is 20.8. The minimum absolute atomic E-state index is 0.0985. The molecular weight excluding hydrogens is 842 g/mol. The number of alkyl halides is 2. The van der Waals surface area contributed by atoms with Crippen molar-refractivity contribution in [3.8, 4) is 0 Å². The summed E-state index contributed by atoms with van der Waals surface area (Å²) in [6.07, 6.45) is -5.89. The molecule has 356 valence electrons. The fourth-order valence-corrected chi connectivity index (χ4v) is 6.31. The number of carbonyl (C=O) groups excluding carboxylic acids is 3. The molecule has 3 amide bonds. The molecule has 0 unspecified atom stereocenters. The van der Waals surface area contributed by atoms with Crippen LogP contribution in [0, 0.1) is 0 Å². The summed E-state index contributed by atoms with van der Waals surface area (Å²) in [6.45, 7) is 4.07. The van der Waals surface area contributed by atoms with Crippen molar-refractivity contribution in [3.05, 3.63) is 47.3 Å². The summed E-state index contributed by atoms with van der Waals surface area (Å²) in [6, 6.07) is 3.54. The molecule has 1 fully saturated rings. The first-order valence-corrected chi connectivity index (χ1v) is 20.8. The molecule has 2 aromatic rings. The molecule has 0 bridgehead atoms. The van der Waals surface area contributed by atoms with Crippen LogP contribution in [0.4, 0.5) is 8.78 Å². The number of hydrogen-bond donors (Lipinski definition) is 8. The third-order valence-corrected chi connectivity index (χ3v) is 9.66. The van der Waals surface area contributed by atoms with Gasteiger partial charge in [0, 0.05) is 38.2 Å². The fraction of sp³-hybridized carbons (Fsp3) is 0.700. The van der Waals surface area contributed by atoms with Crippen molar-refractivity contribution in [2.45, 2.75) is 101 Å². The number of aliphatic hydroxyl groups excluding tert-OH is 4. The number of amides is 3. The third kappa shape index (κ3) is 20.0. The molecule has 0 radical (unpaired) electrons. The highest BCUT2D eigenvalue weighted by molar-refractivity contribution is 5.79. The maximum atomic E-state index is 12.9. The Morgan fingerprint density at radius 2 is 1.52 bits per heavy atom. The van der Waals surface area contributed by atoms with Gasteiger partial charge < -0.3 is 69.9 Å². The molecule has 6 atom stereocenters. The summed E-state index contributed by atoms with van der Waals surface area (Å²) < 4.78 is 60.6. The molecule has 3 rings (SSSR count). The van der Waals surface area contributed by atoms with Crippen molar-refractivity contribution in [1.82, 2.24) is 30.9 Å². The van der Waals surface area contributed by atoms with Gasteiger partial charge in [-0.2, -0.15) is 0 Å². The number of rotatable bonds is 33. The van der Waals surface area contributed by atoms with Gasteiger partial charge >= 0.3 is 5.97 Å². The van der Waals surface area contributed by atoms with Crippen molar-refractivity contribution in [2.75, 3.05) is 79.2 Å². The van der Waals surface area contributed by atoms with Crippen LogP contribution < -0.4 is 16.0 Å². The van der Waals surface area contributed by atoms with E-state index in [1.165, 1.54) is 31.2 Å². The zero-order valence-corrected chi connectivity index (χ0v) is 35.4. The number of benzene rings is 1. The topological polar surface area (TPSA) is 292 Å². The number of carboxylic acids is 1. The standard InChI is InChI=1S/C40H62F2N6O15/c1-27(50)43-11-14-58-16-18-60-20-21-61-19-17-59-15-12-48-25-30(46-47-48)6-4-2-3-5-13-62-40(39(56)57)23-31(51)35(45-34(54)26-49)37(63-40)36(55)32(52)24-44-33(53)22-28-7-9-29(10-8-28)38(41)42/h7-10,25,31-32,35-38,49,51-52,55H,2-6,11-24,26H2,1H3,(H,43,50)(H,44,53)(H,45,54)(H,56,57)/t31-,32+,35+,36+,37+,40+/m0/s1. The Labute approximate surface area is 363 Å². The Morgan fingerprint density at radius 3 is 2.14 bits per heavy atom. The van der Waals surface area contributed by atoms with Crippen LogP contribution >= 0.6 is 0 Å². The van der Waals surface area contributed by atoms with Crippen LogP contribution in [0.2, 0.25) is 0 Å². The van der Waals surface area contributed by atoms with E-state index in [9.17, 15) is 53.5 Å². The molecular formula is C40H62F2N6O15. The molecule has 1 aromatic carbocycles. The second-order valence-corrected chi connectivity index (χ2v) is 14.7. The van der Waals surface area contributed by atoms with E-state index in [0.29, 0.717) is 90.8 Å². The smallest absolute Gasteiger partial charge is 0.364 e. The van der Waals surface area contributed by atoms with Crippen LogP contribution in [0.5, 0.6) is 0 Å². The predicted octanol–water partition coefficient (Wildman–Crippen LogP) is -0.974. The second kappa shape index (κ2) is 29.2. The van der Waals surface area contributed by atoms with Gasteiger partial charge in [-0.25, -0.2) is 18.3 Å². The van der Waals surface area contributed by atoms with Crippen molar-refractivity contribution >= 4 is 23.7 Å². The number of aromatic nitrogens is 3. The van der Waals surface area contributed by atoms with Gasteiger partial charge in [0.1, 0.15) is 18.8 Å². The molecule has 1 saturated heterocycles. The van der Waals surface area contributed by atoms with Crippen molar-refractivity contribution in [3.63, 3.8) is 0 Å². The van der Waals surface area contributed by atoms with E-state index in [1.54, 1.807) is 4.68 Å². The number of nitrogens with one attached hydrogen (secondary N) is 3. The van der Waals surface area contributed by atoms with Gasteiger partial charge in [-0.1, -0.05) is 42.3 Å². The molecule has 1 aromatic heterocycles. The van der Waals surface area contributed by atoms with E-state index in [1.807, 2.05) is 6.20 Å². The summed E-state index contributed by atoms with van der Waals surface area (Å²) >= 11 is 0. The lowest BCUT2D eigenvalue weighted by molar-refractivity contribution is -0.310. The Kier molecular flexibility index (Phi) is 24.6. The maximum Gasteiger partial charge on any atom is 0.364 e. The quantitative estimate of drug-likeness (QED) is 0.0400. The highest BCUT2D eigenvalue weighted by Crippen LogP contribution is 2.34. The van der Waals surface area contributed by atoms with E-state index in [-0.39, 0.29) is 24.5 Å². The van der Waals surface area contributed by atoms with E-state index in [4.69, 9.17) is 28.4 Å². The fourth-order valence-electron chi connectivity index (χ4n) is 6.31. The number of nitrogens with zero attached hydrogens (tertiary/aromatic N) is 3. The largest absolute Gasteiger partial charge is 0.477 e. The number of carboxylic acid groups (broad SMARTS) is 1. The van der Waals surface area contributed by atoms with Gasteiger partial charge in [-0.3, -0.25) is 14.4 Å². The highest BCUT2D eigenvalue weighted by atomic mass is 19.3. The van der Waals surface area contributed by atoms with Gasteiger partial charge in [-0.15, -0.1) is 5.10 Å². The van der Waals surface area contributed by atoms with Crippen molar-refractivity contribution in [2.24, 2.45) is 0 Å². The molecule has 0 aliphatic carbocycles. The monoisotopic (exact) mass is 904 g/mol. The zero-order chi connectivity index (χ0) is 46.0. The van der Waals surface area contributed by atoms with Crippen LogP contribution in [0.15, 0.2) is 30.5 Å². The average molecular weight is 905 g/mol. The lowest BCUT2D eigenvalue weighted by atomic mass is 9.88. The predicted molar refractivity (Wildman–Crippen MR) is 215 cm³/mol. The average Bonchev–Trinajstić information content (AvgIpc) is 3.71. The minimum Gasteiger partial charge on any atom is -0.477 e. The van der Waals surface area contributed by atoms with Crippen LogP contribution in [0.25, 0.3) is 0 Å². The van der Waals surface area contributed by atoms with Crippen LogP contribution in [-0.4, -0.2) is 180 Å². The number of aliphatic carboxylic acids is 1. The summed E-state index contributed by atoms with van der Waals surface area (Å²) in [7, 11) is 0. The summed E-state index contributed by atoms with van der Waals surface area (Å²) in [5, 5.41) is 68.0. The Morgan fingerprint density at radius 1 is 0.889 bits per heavy atom. The number of hydrogen-bond acceptors (Lipinski definition) is 16. The van der Waals surface area contributed by atoms with Crippen molar-refractivity contribution < 1.29 is 81.9 Å². The Balaban J connectivity index is 1.34. The molecule has 63 heavy (non-hydrogen) atoms. The van der Waals surface area contributed by atoms with Crippen LogP contribution in [0.3, 0.4) is 0 Å². The number of ether oxygens (including phenoxy) is 6. The van der Waals surface area contributed by atoms with Crippen LogP contribution in [0.1, 0.15) is 62.3 Å². The lowest BCUT2D eigenvalue weighted by Crippen LogP contribution is -2.68. The first-order chi connectivity index (χ1) is 30.2. The van der Waals surface area contributed by atoms with E-state index < -0.39 is 80.0 Å². The lowest BCUT2D eigenvalue weighted by Gasteiger charge is -2.46. The molecule has 1 aliphatic heterocycles. The molecule has 23 heteroatoms. The summed E-state index contributed by atoms with van der Waals surface area (Å²) in [5.41, 5.74) is 0.970. The molecule has 8 N–H and O–H groups in total. The molecule has 0 saturated carbocycles. The number of halogens is 2. The minimum atomic E-state index is -2.68. The normalized spacial score (nSPS) is 19.7. The number of unbranched alkanes of at least 4 members (excludes halogenated alkanes) is 3. The van der Waals surface area contributed by atoms with Gasteiger partial charge in [0.25, 0.3) is 12.2 Å². The number of carbonyl (C=O) groups is 4. The van der Waals surface area contributed by atoms with E-state index in [2.05, 4.69) is 26.3 Å². The Bertz CT molecular complexity index is 1640. The van der Waals surface area contributed by atoms with E-state index in [0.717, 1.165) is 18.5 Å². The third-order valence-electron chi connectivity index (χ3n) is 9.66. The molecule has 0 spiro atoms. The van der Waals surface area contributed by atoms with Gasteiger partial charge in [0.05, 0.1) is 96.4 Å². The van der Waals surface area contributed by atoms with Gasteiger partial charge in [-0.05, 0) is 24.8 Å².